The molecule has 0 aliphatic heterocycles. The average Bonchev–Trinajstić information content (AvgIpc) is 2.97. The van der Waals surface area contributed by atoms with E-state index in [0.717, 1.165) is 5.56 Å². The molecule has 0 fully saturated rings. The highest BCUT2D eigenvalue weighted by atomic mass is 16.3. The van der Waals surface area contributed by atoms with Crippen molar-refractivity contribution in [2.24, 2.45) is 20.6 Å². The maximum absolute atomic E-state index is 9.18. The van der Waals surface area contributed by atoms with Crippen LogP contribution < -0.4 is 11.2 Å². The number of nitrogens with zero attached hydrogens (tertiary/aromatic N) is 4. The van der Waals surface area contributed by atoms with Gasteiger partial charge in [0.25, 0.3) is 0 Å². The van der Waals surface area contributed by atoms with Crippen molar-refractivity contribution in [3.63, 3.8) is 0 Å². The second-order valence-corrected chi connectivity index (χ2v) is 7.94. The highest BCUT2D eigenvalue weighted by molar-refractivity contribution is 5.55. The molecule has 0 aliphatic carbocycles. The summed E-state index contributed by atoms with van der Waals surface area (Å²) in [4.78, 5) is 0. The van der Waals surface area contributed by atoms with Crippen LogP contribution in [-0.4, -0.2) is 20.4 Å². The molecule has 0 radical (unpaired) electrons. The predicted octanol–water partition coefficient (Wildman–Crippen LogP) is 5.45. The number of aliphatic hydroxyl groups is 4. The van der Waals surface area contributed by atoms with Gasteiger partial charge in [0.05, 0.1) is 49.2 Å². The van der Waals surface area contributed by atoms with Crippen molar-refractivity contribution in [3.05, 3.63) is 113 Å². The van der Waals surface area contributed by atoms with Crippen LogP contribution in [-0.2, 0) is 26.4 Å². The molecule has 38 heavy (non-hydrogen) atoms. The fourth-order valence-electron chi connectivity index (χ4n) is 3.29. The zero-order chi connectivity index (χ0) is 27.2. The Morgan fingerprint density at radius 3 is 1.68 bits per heavy atom. The Labute approximate surface area is 220 Å². The number of nitrogens with one attached hydrogen (secondary N) is 1. The summed E-state index contributed by atoms with van der Waals surface area (Å²) in [7, 11) is 0. The molecule has 4 aromatic carbocycles. The molecular formula is C28H30N6O4. The quantitative estimate of drug-likeness (QED) is 0.0985. The lowest BCUT2D eigenvalue weighted by atomic mass is 10.2. The number of nitrogens with two attached hydrogens (primary N) is 1. The standard InChI is InChI=1S/2C14H15N3O2/c18-9-11-5-1-3-7-13(11)15-17-16-14-8-4-2-6-12(14)10-19;15-13-6-5-12(7-11(13)9-19)16-17-14-4-2-1-3-10(14)8-18/h1-8,18-19H,9-10H2,(H,15,16);1-7,18-19H,8-9,15H2. The normalized spacial score (nSPS) is 10.9. The molecule has 4 rings (SSSR count). The molecule has 7 N–H and O–H groups in total. The molecule has 0 saturated carbocycles. The molecular weight excluding hydrogens is 484 g/mol. The van der Waals surface area contributed by atoms with Crippen molar-refractivity contribution in [3.8, 4) is 0 Å². The van der Waals surface area contributed by atoms with Gasteiger partial charge < -0.3 is 26.2 Å². The molecule has 0 unspecified atom stereocenters. The lowest BCUT2D eigenvalue weighted by Gasteiger charge is -2.05. The van der Waals surface area contributed by atoms with Crippen molar-refractivity contribution in [2.45, 2.75) is 26.4 Å². The fraction of sp³-hybridized carbons (Fsp3) is 0.143. The lowest BCUT2D eigenvalue weighted by Crippen LogP contribution is -1.93. The average molecular weight is 515 g/mol. The maximum atomic E-state index is 9.18. The van der Waals surface area contributed by atoms with Gasteiger partial charge in [-0.15, -0.1) is 5.11 Å². The second-order valence-electron chi connectivity index (χ2n) is 7.94. The number of para-hydroxylation sites is 1. The van der Waals surface area contributed by atoms with Gasteiger partial charge in [-0.25, -0.2) is 0 Å². The van der Waals surface area contributed by atoms with Gasteiger partial charge in [0, 0.05) is 27.9 Å². The minimum Gasteiger partial charge on any atom is -0.398 e. The molecule has 0 spiro atoms. The zero-order valence-corrected chi connectivity index (χ0v) is 20.6. The van der Waals surface area contributed by atoms with Crippen molar-refractivity contribution in [1.29, 1.82) is 0 Å². The highest BCUT2D eigenvalue weighted by Crippen LogP contribution is 2.25. The Balaban J connectivity index is 0.000000211. The van der Waals surface area contributed by atoms with Gasteiger partial charge in [0.2, 0.25) is 0 Å². The van der Waals surface area contributed by atoms with Crippen molar-refractivity contribution in [2.75, 3.05) is 11.2 Å². The van der Waals surface area contributed by atoms with E-state index in [1.54, 1.807) is 48.5 Å². The summed E-state index contributed by atoms with van der Waals surface area (Å²) in [6.45, 7) is -0.365. The number of nitrogen functional groups attached to an aromatic ring is 1. The van der Waals surface area contributed by atoms with Crippen molar-refractivity contribution >= 4 is 28.4 Å². The first-order valence-electron chi connectivity index (χ1n) is 11.7. The first kappa shape index (κ1) is 28.1. The number of azo groups is 1. The Bertz CT molecular complexity index is 1380. The van der Waals surface area contributed by atoms with Crippen molar-refractivity contribution < 1.29 is 20.4 Å². The molecule has 0 bridgehead atoms. The molecule has 0 atom stereocenters. The van der Waals surface area contributed by atoms with Gasteiger partial charge in [-0.05, 0) is 36.4 Å². The van der Waals surface area contributed by atoms with Crippen LogP contribution in [0.1, 0.15) is 22.3 Å². The minimum absolute atomic E-state index is 0.0636. The van der Waals surface area contributed by atoms with Gasteiger partial charge in [0.1, 0.15) is 0 Å². The summed E-state index contributed by atoms with van der Waals surface area (Å²) >= 11 is 0. The van der Waals surface area contributed by atoms with E-state index in [9.17, 15) is 10.2 Å². The van der Waals surface area contributed by atoms with Crippen LogP contribution in [0.15, 0.2) is 112 Å². The molecule has 0 saturated heterocycles. The molecule has 0 amide bonds. The van der Waals surface area contributed by atoms with Crippen LogP contribution in [0.25, 0.3) is 0 Å². The Kier molecular flexibility index (Phi) is 11.0. The second kappa shape index (κ2) is 14.9. The van der Waals surface area contributed by atoms with E-state index >= 15 is 0 Å². The lowest BCUT2D eigenvalue weighted by molar-refractivity contribution is 0.282. The van der Waals surface area contributed by atoms with E-state index in [4.69, 9.17) is 15.9 Å². The number of hydrogen-bond acceptors (Lipinski definition) is 9. The van der Waals surface area contributed by atoms with Gasteiger partial charge in [-0.3, -0.25) is 5.43 Å². The van der Waals surface area contributed by atoms with E-state index < -0.39 is 0 Å². The largest absolute Gasteiger partial charge is 0.398 e. The predicted molar refractivity (Wildman–Crippen MR) is 146 cm³/mol. The van der Waals surface area contributed by atoms with Crippen LogP contribution in [0.3, 0.4) is 0 Å². The third kappa shape index (κ3) is 8.02. The molecule has 196 valence electrons. The van der Waals surface area contributed by atoms with E-state index in [-0.39, 0.29) is 26.4 Å². The first-order valence-corrected chi connectivity index (χ1v) is 11.7. The summed E-state index contributed by atoms with van der Waals surface area (Å²) < 4.78 is 0. The molecule has 0 aliphatic rings. The van der Waals surface area contributed by atoms with Gasteiger partial charge >= 0.3 is 0 Å². The molecule has 10 heteroatoms. The summed E-state index contributed by atoms with van der Waals surface area (Å²) in [6, 6.07) is 26.8. The van der Waals surface area contributed by atoms with E-state index in [1.165, 1.54) is 0 Å². The molecule has 0 heterocycles. The van der Waals surface area contributed by atoms with Crippen LogP contribution in [0.5, 0.6) is 0 Å². The monoisotopic (exact) mass is 514 g/mol. The van der Waals surface area contributed by atoms with Gasteiger partial charge in [-0.1, -0.05) is 59.8 Å². The summed E-state index contributed by atoms with van der Waals surface area (Å²) in [5, 5.41) is 52.7. The smallest absolute Gasteiger partial charge is 0.0929 e. The SMILES string of the molecule is Nc1ccc(N=Nc2ccccc2CO)cc1CO.OCc1ccccc1N=NNc1ccccc1CO. The van der Waals surface area contributed by atoms with Crippen LogP contribution in [0.2, 0.25) is 0 Å². The van der Waals surface area contributed by atoms with Gasteiger partial charge in [0.15, 0.2) is 0 Å². The Hall–Kier alpha value is -4.48. The third-order valence-electron chi connectivity index (χ3n) is 5.41. The molecule has 0 aromatic heterocycles. The van der Waals surface area contributed by atoms with Gasteiger partial charge in [-0.2, -0.15) is 10.2 Å². The number of benzene rings is 4. The van der Waals surface area contributed by atoms with E-state index in [2.05, 4.69) is 26.0 Å². The fourth-order valence-corrected chi connectivity index (χ4v) is 3.29. The first-order chi connectivity index (χ1) is 18.6. The van der Waals surface area contributed by atoms with Crippen LogP contribution in [0.4, 0.5) is 28.4 Å². The topological polar surface area (TPSA) is 168 Å². The molecule has 4 aromatic rings. The van der Waals surface area contributed by atoms with E-state index in [0.29, 0.717) is 45.1 Å². The number of hydrogen-bond donors (Lipinski definition) is 6. The summed E-state index contributed by atoms with van der Waals surface area (Å²) in [5.74, 6) is 0. The van der Waals surface area contributed by atoms with E-state index in [1.807, 2.05) is 42.5 Å². The molecule has 10 nitrogen and oxygen atoms in total. The maximum Gasteiger partial charge on any atom is 0.0929 e. The Morgan fingerprint density at radius 1 is 0.553 bits per heavy atom. The minimum atomic E-state index is -0.136. The summed E-state index contributed by atoms with van der Waals surface area (Å²) in [5.41, 5.74) is 14.3. The zero-order valence-electron chi connectivity index (χ0n) is 20.6. The van der Waals surface area contributed by atoms with Crippen LogP contribution in [0, 0.1) is 0 Å². The number of aliphatic hydroxyl groups excluding tert-OH is 4. The van der Waals surface area contributed by atoms with Crippen molar-refractivity contribution in [1.82, 2.24) is 0 Å². The Morgan fingerprint density at radius 2 is 1.08 bits per heavy atom. The summed E-state index contributed by atoms with van der Waals surface area (Å²) in [6.07, 6.45) is 0. The van der Waals surface area contributed by atoms with Crippen LogP contribution >= 0.6 is 0 Å². The number of anilines is 2. The highest BCUT2D eigenvalue weighted by Gasteiger charge is 2.02. The third-order valence-corrected chi connectivity index (χ3v) is 5.41. The number of rotatable bonds is 9.